The first-order valence-corrected chi connectivity index (χ1v) is 6.82. The fraction of sp³-hybridized carbons (Fsp3) is 0.600. The number of anilines is 1. The molecule has 0 amide bonds. The van der Waals surface area contributed by atoms with Crippen LogP contribution in [0.3, 0.4) is 0 Å². The first kappa shape index (κ1) is 13.4. The molecule has 1 heterocycles. The molecule has 1 saturated heterocycles. The van der Waals surface area contributed by atoms with Gasteiger partial charge in [-0.15, -0.1) is 0 Å². The molecule has 0 aliphatic carbocycles. The van der Waals surface area contributed by atoms with Gasteiger partial charge in [-0.05, 0) is 56.0 Å². The molecule has 1 aliphatic heterocycles. The standard InChI is InChI=1S/C15H25N3/c1-11-8-15(13(9-16)10-17-11)12-4-6-14(7-5-12)18(2)3/h4-7,11,13,15,17H,8-10,16H2,1-3H3. The molecule has 0 aromatic heterocycles. The molecule has 3 heteroatoms. The van der Waals surface area contributed by atoms with E-state index >= 15 is 0 Å². The maximum atomic E-state index is 5.91. The molecule has 100 valence electrons. The van der Waals surface area contributed by atoms with Crippen molar-refractivity contribution in [3.63, 3.8) is 0 Å². The van der Waals surface area contributed by atoms with Crippen molar-refractivity contribution in [2.45, 2.75) is 25.3 Å². The lowest BCUT2D eigenvalue weighted by atomic mass is 9.79. The first-order chi connectivity index (χ1) is 8.61. The maximum absolute atomic E-state index is 5.91. The lowest BCUT2D eigenvalue weighted by Gasteiger charge is -2.35. The van der Waals surface area contributed by atoms with Crippen LogP contribution in [0.2, 0.25) is 0 Å². The third-order valence-corrected chi connectivity index (χ3v) is 4.05. The average molecular weight is 247 g/mol. The zero-order valence-electron chi connectivity index (χ0n) is 11.7. The Kier molecular flexibility index (Phi) is 4.25. The van der Waals surface area contributed by atoms with E-state index in [9.17, 15) is 0 Å². The first-order valence-electron chi connectivity index (χ1n) is 6.82. The van der Waals surface area contributed by atoms with Gasteiger partial charge < -0.3 is 16.0 Å². The normalized spacial score (nSPS) is 28.1. The molecule has 1 aromatic carbocycles. The van der Waals surface area contributed by atoms with Crippen LogP contribution in [-0.4, -0.2) is 33.2 Å². The molecule has 1 aromatic rings. The number of piperidine rings is 1. The lowest BCUT2D eigenvalue weighted by molar-refractivity contribution is 0.285. The van der Waals surface area contributed by atoms with Crippen LogP contribution >= 0.6 is 0 Å². The van der Waals surface area contributed by atoms with Gasteiger partial charge in [0, 0.05) is 25.8 Å². The highest BCUT2D eigenvalue weighted by atomic mass is 15.1. The van der Waals surface area contributed by atoms with Crippen molar-refractivity contribution in [3.8, 4) is 0 Å². The van der Waals surface area contributed by atoms with Gasteiger partial charge in [0.25, 0.3) is 0 Å². The van der Waals surface area contributed by atoms with E-state index in [4.69, 9.17) is 5.73 Å². The molecular formula is C15H25N3. The largest absolute Gasteiger partial charge is 0.378 e. The van der Waals surface area contributed by atoms with Crippen LogP contribution in [0.25, 0.3) is 0 Å². The second kappa shape index (κ2) is 5.72. The van der Waals surface area contributed by atoms with Gasteiger partial charge in [0.2, 0.25) is 0 Å². The van der Waals surface area contributed by atoms with Crippen molar-refractivity contribution in [1.82, 2.24) is 5.32 Å². The van der Waals surface area contributed by atoms with Crippen molar-refractivity contribution >= 4 is 5.69 Å². The van der Waals surface area contributed by atoms with Crippen LogP contribution in [0.15, 0.2) is 24.3 Å². The summed E-state index contributed by atoms with van der Waals surface area (Å²) < 4.78 is 0. The third-order valence-electron chi connectivity index (χ3n) is 4.05. The van der Waals surface area contributed by atoms with E-state index in [0.29, 0.717) is 17.9 Å². The molecular weight excluding hydrogens is 222 g/mol. The molecule has 3 nitrogen and oxygen atoms in total. The van der Waals surface area contributed by atoms with Gasteiger partial charge in [-0.25, -0.2) is 0 Å². The topological polar surface area (TPSA) is 41.3 Å². The summed E-state index contributed by atoms with van der Waals surface area (Å²) in [7, 11) is 4.15. The van der Waals surface area contributed by atoms with E-state index in [-0.39, 0.29) is 0 Å². The molecule has 0 radical (unpaired) electrons. The van der Waals surface area contributed by atoms with Gasteiger partial charge in [-0.1, -0.05) is 12.1 Å². The molecule has 3 N–H and O–H groups in total. The van der Waals surface area contributed by atoms with Crippen molar-refractivity contribution in [3.05, 3.63) is 29.8 Å². The monoisotopic (exact) mass is 247 g/mol. The summed E-state index contributed by atoms with van der Waals surface area (Å²) in [5.41, 5.74) is 8.60. The molecule has 0 bridgehead atoms. The van der Waals surface area contributed by atoms with E-state index in [2.05, 4.69) is 55.5 Å². The highest BCUT2D eigenvalue weighted by Gasteiger charge is 2.28. The Balaban J connectivity index is 2.17. The molecule has 3 unspecified atom stereocenters. The molecule has 18 heavy (non-hydrogen) atoms. The predicted octanol–water partition coefficient (Wildman–Crippen LogP) is 1.79. The minimum absolute atomic E-state index is 0.561. The van der Waals surface area contributed by atoms with Gasteiger partial charge >= 0.3 is 0 Å². The van der Waals surface area contributed by atoms with E-state index in [1.165, 1.54) is 17.7 Å². The third kappa shape index (κ3) is 2.85. The number of hydrogen-bond acceptors (Lipinski definition) is 3. The van der Waals surface area contributed by atoms with Crippen LogP contribution in [-0.2, 0) is 0 Å². The Morgan fingerprint density at radius 2 is 1.94 bits per heavy atom. The van der Waals surface area contributed by atoms with Crippen LogP contribution < -0.4 is 16.0 Å². The zero-order valence-corrected chi connectivity index (χ0v) is 11.7. The van der Waals surface area contributed by atoms with Gasteiger partial charge in [0.1, 0.15) is 0 Å². The summed E-state index contributed by atoms with van der Waals surface area (Å²) in [5.74, 6) is 1.16. The highest BCUT2D eigenvalue weighted by molar-refractivity contribution is 5.46. The Morgan fingerprint density at radius 1 is 1.28 bits per heavy atom. The Hall–Kier alpha value is -1.06. The smallest absolute Gasteiger partial charge is 0.0361 e. The van der Waals surface area contributed by atoms with Gasteiger partial charge in [0.15, 0.2) is 0 Å². The SMILES string of the molecule is CC1CC(c2ccc(N(C)C)cc2)C(CN)CN1. The lowest BCUT2D eigenvalue weighted by Crippen LogP contribution is -2.44. The van der Waals surface area contributed by atoms with Crippen LogP contribution in [0.1, 0.15) is 24.8 Å². The van der Waals surface area contributed by atoms with Gasteiger partial charge in [-0.2, -0.15) is 0 Å². The summed E-state index contributed by atoms with van der Waals surface area (Å²) in [5, 5.41) is 3.52. The quantitative estimate of drug-likeness (QED) is 0.855. The second-order valence-electron chi connectivity index (χ2n) is 5.63. The van der Waals surface area contributed by atoms with Crippen molar-refractivity contribution in [1.29, 1.82) is 0 Å². The number of benzene rings is 1. The molecule has 2 rings (SSSR count). The van der Waals surface area contributed by atoms with E-state index in [0.717, 1.165) is 13.1 Å². The highest BCUT2D eigenvalue weighted by Crippen LogP contribution is 2.32. The van der Waals surface area contributed by atoms with E-state index in [1.54, 1.807) is 0 Å². The number of hydrogen-bond donors (Lipinski definition) is 2. The number of nitrogens with two attached hydrogens (primary N) is 1. The Labute approximate surface area is 110 Å². The minimum atomic E-state index is 0.561. The minimum Gasteiger partial charge on any atom is -0.378 e. The average Bonchev–Trinajstić information content (AvgIpc) is 2.39. The van der Waals surface area contributed by atoms with Crippen molar-refractivity contribution in [2.75, 3.05) is 32.1 Å². The van der Waals surface area contributed by atoms with Crippen molar-refractivity contribution in [2.24, 2.45) is 11.7 Å². The van der Waals surface area contributed by atoms with Crippen molar-refractivity contribution < 1.29 is 0 Å². The number of nitrogens with one attached hydrogen (secondary N) is 1. The predicted molar refractivity (Wildman–Crippen MR) is 78.1 cm³/mol. The van der Waals surface area contributed by atoms with Gasteiger partial charge in [-0.3, -0.25) is 0 Å². The van der Waals surface area contributed by atoms with E-state index < -0.39 is 0 Å². The summed E-state index contributed by atoms with van der Waals surface area (Å²) in [6.45, 7) is 4.06. The van der Waals surface area contributed by atoms with E-state index in [1.807, 2.05) is 0 Å². The summed E-state index contributed by atoms with van der Waals surface area (Å²) in [6.07, 6.45) is 1.18. The number of nitrogens with zero attached hydrogens (tertiary/aromatic N) is 1. The summed E-state index contributed by atoms with van der Waals surface area (Å²) in [6, 6.07) is 9.53. The number of rotatable bonds is 3. The van der Waals surface area contributed by atoms with Crippen LogP contribution in [0.5, 0.6) is 0 Å². The fourth-order valence-corrected chi connectivity index (χ4v) is 2.83. The van der Waals surface area contributed by atoms with Crippen LogP contribution in [0, 0.1) is 5.92 Å². The molecule has 1 aliphatic rings. The summed E-state index contributed by atoms with van der Waals surface area (Å²) >= 11 is 0. The molecule has 0 saturated carbocycles. The molecule has 3 atom stereocenters. The second-order valence-corrected chi connectivity index (χ2v) is 5.63. The molecule has 0 spiro atoms. The van der Waals surface area contributed by atoms with Crippen LogP contribution in [0.4, 0.5) is 5.69 Å². The fourth-order valence-electron chi connectivity index (χ4n) is 2.83. The maximum Gasteiger partial charge on any atom is 0.0361 e. The Morgan fingerprint density at radius 3 is 2.50 bits per heavy atom. The Bertz CT molecular complexity index is 372. The zero-order chi connectivity index (χ0) is 13.1. The summed E-state index contributed by atoms with van der Waals surface area (Å²) in [4.78, 5) is 2.13. The van der Waals surface area contributed by atoms with Gasteiger partial charge in [0.05, 0.1) is 0 Å². The molecule has 1 fully saturated rings.